The average molecular weight is 154 g/mol. The molecule has 11 heavy (non-hydrogen) atoms. The zero-order valence-electron chi connectivity index (χ0n) is 6.53. The summed E-state index contributed by atoms with van der Waals surface area (Å²) in [6, 6.07) is 1.71. The molecule has 1 N–H and O–H groups in total. The van der Waals surface area contributed by atoms with Crippen LogP contribution < -0.4 is 4.74 Å². The highest BCUT2D eigenvalue weighted by atomic mass is 16.5. The van der Waals surface area contributed by atoms with Gasteiger partial charge < -0.3 is 9.84 Å². The van der Waals surface area contributed by atoms with Crippen LogP contribution in [0.15, 0.2) is 6.07 Å². The largest absolute Gasteiger partial charge is 0.481 e. The van der Waals surface area contributed by atoms with Crippen LogP contribution in [0.1, 0.15) is 11.5 Å². The van der Waals surface area contributed by atoms with E-state index >= 15 is 0 Å². The lowest BCUT2D eigenvalue weighted by molar-refractivity contribution is 0.268. The van der Waals surface area contributed by atoms with Gasteiger partial charge in [0.15, 0.2) is 5.82 Å². The second kappa shape index (κ2) is 3.30. The number of hydrogen-bond acceptors (Lipinski definition) is 4. The third-order valence-corrected chi connectivity index (χ3v) is 1.23. The summed E-state index contributed by atoms with van der Waals surface area (Å²) >= 11 is 0. The first-order chi connectivity index (χ1) is 5.26. The van der Waals surface area contributed by atoms with Gasteiger partial charge in [-0.05, 0) is 6.92 Å². The maximum absolute atomic E-state index is 8.70. The highest BCUT2D eigenvalue weighted by molar-refractivity contribution is 5.14. The summed E-state index contributed by atoms with van der Waals surface area (Å²) in [6.45, 7) is 1.67. The van der Waals surface area contributed by atoms with E-state index in [0.29, 0.717) is 11.7 Å². The number of methoxy groups -OCH3 is 1. The SMILES string of the molecule is COc1cc(C)nc(CO)n1. The van der Waals surface area contributed by atoms with Crippen LogP contribution in [0.4, 0.5) is 0 Å². The number of rotatable bonds is 2. The Bertz CT molecular complexity index is 228. The molecule has 0 atom stereocenters. The van der Waals surface area contributed by atoms with Crippen LogP contribution in [-0.4, -0.2) is 22.2 Å². The number of ether oxygens (including phenoxy) is 1. The van der Waals surface area contributed by atoms with Crippen molar-refractivity contribution in [1.29, 1.82) is 0 Å². The van der Waals surface area contributed by atoms with E-state index in [-0.39, 0.29) is 6.61 Å². The first-order valence-electron chi connectivity index (χ1n) is 3.25. The Morgan fingerprint density at radius 3 is 2.82 bits per heavy atom. The van der Waals surface area contributed by atoms with E-state index in [1.54, 1.807) is 6.07 Å². The second-order valence-electron chi connectivity index (χ2n) is 2.13. The number of aliphatic hydroxyl groups excluding tert-OH is 1. The molecular weight excluding hydrogens is 144 g/mol. The van der Waals surface area contributed by atoms with Crippen molar-refractivity contribution in [2.24, 2.45) is 0 Å². The van der Waals surface area contributed by atoms with E-state index in [1.165, 1.54) is 7.11 Å². The standard InChI is InChI=1S/C7H10N2O2/c1-5-3-7(11-2)9-6(4-10)8-5/h3,10H,4H2,1-2H3. The monoisotopic (exact) mass is 154 g/mol. The average Bonchev–Trinajstić information content (AvgIpc) is 2.03. The van der Waals surface area contributed by atoms with Crippen LogP contribution in [-0.2, 0) is 6.61 Å². The van der Waals surface area contributed by atoms with Crippen LogP contribution in [0.25, 0.3) is 0 Å². The molecule has 1 aromatic rings. The van der Waals surface area contributed by atoms with E-state index in [4.69, 9.17) is 9.84 Å². The van der Waals surface area contributed by atoms with E-state index in [2.05, 4.69) is 9.97 Å². The molecule has 0 saturated heterocycles. The van der Waals surface area contributed by atoms with E-state index in [0.717, 1.165) is 5.69 Å². The normalized spacial score (nSPS) is 9.73. The molecule has 4 heteroatoms. The number of nitrogens with zero attached hydrogens (tertiary/aromatic N) is 2. The highest BCUT2D eigenvalue weighted by Crippen LogP contribution is 2.07. The smallest absolute Gasteiger partial charge is 0.216 e. The van der Waals surface area contributed by atoms with Gasteiger partial charge >= 0.3 is 0 Å². The molecular formula is C7H10N2O2. The molecule has 4 nitrogen and oxygen atoms in total. The van der Waals surface area contributed by atoms with Gasteiger partial charge in [0.2, 0.25) is 5.88 Å². The fourth-order valence-electron chi connectivity index (χ4n) is 0.774. The number of aliphatic hydroxyl groups is 1. The third-order valence-electron chi connectivity index (χ3n) is 1.23. The molecule has 0 spiro atoms. The lowest BCUT2D eigenvalue weighted by atomic mass is 10.4. The zero-order valence-corrected chi connectivity index (χ0v) is 6.53. The Labute approximate surface area is 64.9 Å². The predicted octanol–water partition coefficient (Wildman–Crippen LogP) is 0.286. The van der Waals surface area contributed by atoms with Gasteiger partial charge in [-0.3, -0.25) is 0 Å². The molecule has 0 unspecified atom stereocenters. The molecule has 0 amide bonds. The first kappa shape index (κ1) is 7.94. The van der Waals surface area contributed by atoms with Gasteiger partial charge in [0.1, 0.15) is 6.61 Å². The van der Waals surface area contributed by atoms with Crippen LogP contribution in [0.3, 0.4) is 0 Å². The number of hydrogen-bond donors (Lipinski definition) is 1. The van der Waals surface area contributed by atoms with Crippen molar-refractivity contribution in [2.75, 3.05) is 7.11 Å². The van der Waals surface area contributed by atoms with Gasteiger partial charge in [-0.15, -0.1) is 0 Å². The van der Waals surface area contributed by atoms with Gasteiger partial charge in [-0.25, -0.2) is 4.98 Å². The molecule has 0 aliphatic heterocycles. The summed E-state index contributed by atoms with van der Waals surface area (Å²) in [6.07, 6.45) is 0. The Hall–Kier alpha value is -1.16. The van der Waals surface area contributed by atoms with Gasteiger partial charge in [-0.1, -0.05) is 0 Å². The molecule has 1 aromatic heterocycles. The molecule has 0 aliphatic rings. The van der Waals surface area contributed by atoms with Gasteiger partial charge in [-0.2, -0.15) is 4.98 Å². The fourth-order valence-corrected chi connectivity index (χ4v) is 0.774. The molecule has 0 bridgehead atoms. The fraction of sp³-hybridized carbons (Fsp3) is 0.429. The van der Waals surface area contributed by atoms with Crippen molar-refractivity contribution in [1.82, 2.24) is 9.97 Å². The minimum atomic E-state index is -0.155. The Morgan fingerprint density at radius 2 is 2.27 bits per heavy atom. The Balaban J connectivity index is 3.02. The van der Waals surface area contributed by atoms with Gasteiger partial charge in [0.05, 0.1) is 7.11 Å². The maximum Gasteiger partial charge on any atom is 0.216 e. The Morgan fingerprint density at radius 1 is 1.55 bits per heavy atom. The van der Waals surface area contributed by atoms with Gasteiger partial charge in [0.25, 0.3) is 0 Å². The van der Waals surface area contributed by atoms with Crippen molar-refractivity contribution in [3.63, 3.8) is 0 Å². The summed E-state index contributed by atoms with van der Waals surface area (Å²) in [5, 5.41) is 8.70. The van der Waals surface area contributed by atoms with E-state index in [9.17, 15) is 0 Å². The molecule has 0 aromatic carbocycles. The zero-order chi connectivity index (χ0) is 8.27. The summed E-state index contributed by atoms with van der Waals surface area (Å²) in [5.74, 6) is 0.878. The third kappa shape index (κ3) is 1.88. The highest BCUT2D eigenvalue weighted by Gasteiger charge is 1.99. The maximum atomic E-state index is 8.70. The molecule has 60 valence electrons. The van der Waals surface area contributed by atoms with Crippen LogP contribution >= 0.6 is 0 Å². The second-order valence-corrected chi connectivity index (χ2v) is 2.13. The molecule has 0 aliphatic carbocycles. The molecule has 1 rings (SSSR count). The molecule has 1 heterocycles. The first-order valence-corrected chi connectivity index (χ1v) is 3.25. The number of aryl methyl sites for hydroxylation is 1. The molecule has 0 fully saturated rings. The molecule has 0 radical (unpaired) electrons. The van der Waals surface area contributed by atoms with Crippen molar-refractivity contribution < 1.29 is 9.84 Å². The Kier molecular flexibility index (Phi) is 2.38. The predicted molar refractivity (Wildman–Crippen MR) is 39.2 cm³/mol. The van der Waals surface area contributed by atoms with Gasteiger partial charge in [0, 0.05) is 11.8 Å². The lowest BCUT2D eigenvalue weighted by Gasteiger charge is -2.01. The van der Waals surface area contributed by atoms with Crippen LogP contribution in [0.5, 0.6) is 5.88 Å². The lowest BCUT2D eigenvalue weighted by Crippen LogP contribution is -1.98. The van der Waals surface area contributed by atoms with Crippen LogP contribution in [0, 0.1) is 6.92 Å². The summed E-state index contributed by atoms with van der Waals surface area (Å²) in [4.78, 5) is 7.85. The van der Waals surface area contributed by atoms with Crippen molar-refractivity contribution in [3.05, 3.63) is 17.6 Å². The van der Waals surface area contributed by atoms with Crippen molar-refractivity contribution in [3.8, 4) is 5.88 Å². The minimum absolute atomic E-state index is 0.155. The number of aromatic nitrogens is 2. The van der Waals surface area contributed by atoms with Crippen LogP contribution in [0.2, 0.25) is 0 Å². The van der Waals surface area contributed by atoms with Crippen molar-refractivity contribution >= 4 is 0 Å². The minimum Gasteiger partial charge on any atom is -0.481 e. The summed E-state index contributed by atoms with van der Waals surface area (Å²) in [7, 11) is 1.53. The van der Waals surface area contributed by atoms with E-state index in [1.807, 2.05) is 6.92 Å². The quantitative estimate of drug-likeness (QED) is 0.665. The van der Waals surface area contributed by atoms with E-state index < -0.39 is 0 Å². The van der Waals surface area contributed by atoms with Crippen molar-refractivity contribution in [2.45, 2.75) is 13.5 Å². The topological polar surface area (TPSA) is 55.2 Å². The summed E-state index contributed by atoms with van der Waals surface area (Å²) in [5.41, 5.74) is 0.792. The summed E-state index contributed by atoms with van der Waals surface area (Å²) < 4.78 is 4.88. The molecule has 0 saturated carbocycles.